The zero-order valence-electron chi connectivity index (χ0n) is 23.2. The molecule has 1 heterocycles. The van der Waals surface area contributed by atoms with Crippen LogP contribution in [0.25, 0.3) is 0 Å². The van der Waals surface area contributed by atoms with Gasteiger partial charge in [0.25, 0.3) is 0 Å². The molecule has 0 radical (unpaired) electrons. The van der Waals surface area contributed by atoms with Gasteiger partial charge in [0.1, 0.15) is 0 Å². The van der Waals surface area contributed by atoms with Crippen molar-refractivity contribution in [2.24, 2.45) is 0 Å². The minimum Gasteiger partial charge on any atom is -0.362 e. The van der Waals surface area contributed by atoms with Crippen molar-refractivity contribution in [3.8, 4) is 0 Å². The van der Waals surface area contributed by atoms with Gasteiger partial charge in [-0.25, -0.2) is 0 Å². The van der Waals surface area contributed by atoms with Crippen molar-refractivity contribution in [2.75, 3.05) is 27.0 Å². The van der Waals surface area contributed by atoms with Gasteiger partial charge >= 0.3 is 0 Å². The Kier molecular flexibility index (Phi) is 9.36. The van der Waals surface area contributed by atoms with Crippen LogP contribution >= 0.6 is 31.0 Å². The van der Waals surface area contributed by atoms with Gasteiger partial charge in [-0.2, -0.15) is 0 Å². The van der Waals surface area contributed by atoms with E-state index in [9.17, 15) is 0 Å². The van der Waals surface area contributed by atoms with E-state index in [4.69, 9.17) is 12.2 Å². The molecule has 5 aromatic carbocycles. The Balaban J connectivity index is 1.36. The van der Waals surface area contributed by atoms with Crippen LogP contribution in [0.15, 0.2) is 152 Å². The van der Waals surface area contributed by atoms with E-state index in [0.717, 1.165) is 18.0 Å². The summed E-state index contributed by atoms with van der Waals surface area (Å²) in [6, 6.07) is 54.0. The van der Waals surface area contributed by atoms with Crippen molar-refractivity contribution in [1.29, 1.82) is 0 Å². The number of hydrogen-bond acceptors (Lipinski definition) is 4. The first-order chi connectivity index (χ1) is 20.8. The summed E-state index contributed by atoms with van der Waals surface area (Å²) in [5, 5.41) is 7.36. The van der Waals surface area contributed by atoms with Crippen LogP contribution in [-0.2, 0) is 0 Å². The topological polar surface area (TPSA) is 30.5 Å². The van der Waals surface area contributed by atoms with Gasteiger partial charge in [0.15, 0.2) is 12.5 Å². The Hall–Kier alpha value is -3.83. The molecule has 7 heteroatoms. The molecule has 5 aromatic rings. The quantitative estimate of drug-likeness (QED) is 0.0990. The maximum Gasteiger partial charge on any atom is 0.170 e. The number of nitrogens with one attached hydrogen (secondary N) is 2. The van der Waals surface area contributed by atoms with Crippen LogP contribution < -0.4 is 20.0 Å². The molecule has 42 heavy (non-hydrogen) atoms. The predicted molar refractivity (Wildman–Crippen MR) is 186 cm³/mol. The van der Waals surface area contributed by atoms with Gasteiger partial charge in [-0.1, -0.05) is 127 Å². The molecular formula is C35H33N4PS2. The number of thiocarbonyl (C=S) groups is 1. The molecule has 6 rings (SSSR count). The molecule has 210 valence electrons. The van der Waals surface area contributed by atoms with Gasteiger partial charge in [-0.05, 0) is 59.7 Å². The SMILES string of the molecule is S=C(NCCSP1N(c2ccccc2)[C@H](c2ccccc2)[C@@H](c2ccccc2)N1c1ccccc1)Nc1ccccc1. The predicted octanol–water partition coefficient (Wildman–Crippen LogP) is 9.44. The minimum absolute atomic E-state index is 0.128. The molecule has 0 bridgehead atoms. The first-order valence-electron chi connectivity index (χ1n) is 14.1. The van der Waals surface area contributed by atoms with Crippen LogP contribution in [0.1, 0.15) is 23.2 Å². The molecule has 4 nitrogen and oxygen atoms in total. The van der Waals surface area contributed by atoms with Crippen LogP contribution in [0.4, 0.5) is 17.1 Å². The van der Waals surface area contributed by atoms with Crippen LogP contribution in [0.2, 0.25) is 0 Å². The van der Waals surface area contributed by atoms with Gasteiger partial charge in [-0.3, -0.25) is 0 Å². The summed E-state index contributed by atoms with van der Waals surface area (Å²) in [7, 11) is -0.850. The van der Waals surface area contributed by atoms with Crippen LogP contribution in [0.5, 0.6) is 0 Å². The van der Waals surface area contributed by atoms with E-state index in [2.05, 4.69) is 141 Å². The highest BCUT2D eigenvalue weighted by molar-refractivity contribution is 8.56. The molecule has 0 spiro atoms. The third-order valence-electron chi connectivity index (χ3n) is 7.14. The zero-order chi connectivity index (χ0) is 28.6. The van der Waals surface area contributed by atoms with Gasteiger partial charge < -0.3 is 20.0 Å². The molecule has 0 saturated carbocycles. The lowest BCUT2D eigenvalue weighted by Gasteiger charge is -2.33. The second-order valence-corrected chi connectivity index (χ2v) is 14.1. The van der Waals surface area contributed by atoms with Crippen molar-refractivity contribution in [2.45, 2.75) is 12.1 Å². The molecule has 0 unspecified atom stereocenters. The zero-order valence-corrected chi connectivity index (χ0v) is 25.7. The highest BCUT2D eigenvalue weighted by Crippen LogP contribution is 2.72. The van der Waals surface area contributed by atoms with Crippen molar-refractivity contribution in [3.63, 3.8) is 0 Å². The Bertz CT molecular complexity index is 1450. The first kappa shape index (κ1) is 28.3. The normalized spacial score (nSPS) is 16.8. The standard InChI is InChI=1S/C35H33N4PS2/c41-35(37-30-20-10-3-11-21-30)36-26-27-42-40-38(31-22-12-4-13-23-31)33(28-16-6-1-7-17-28)34(29-18-8-2-9-19-29)39(40)32-24-14-5-15-25-32/h1-25,33-34H,26-27H2,(H2,36,37,41)/t33-,34-/m1/s1. The molecule has 2 N–H and O–H groups in total. The van der Waals surface area contributed by atoms with E-state index < -0.39 is 7.42 Å². The van der Waals surface area contributed by atoms with E-state index in [1.807, 2.05) is 41.7 Å². The third kappa shape index (κ3) is 6.47. The fourth-order valence-corrected chi connectivity index (χ4v) is 10.6. The monoisotopic (exact) mass is 604 g/mol. The smallest absolute Gasteiger partial charge is 0.170 e. The van der Waals surface area contributed by atoms with E-state index in [0.29, 0.717) is 5.11 Å². The first-order valence-corrected chi connectivity index (χ1v) is 17.4. The lowest BCUT2D eigenvalue weighted by atomic mass is 9.92. The summed E-state index contributed by atoms with van der Waals surface area (Å²) in [6.45, 7) is 0.763. The number of anilines is 3. The lowest BCUT2D eigenvalue weighted by molar-refractivity contribution is 0.618. The van der Waals surface area contributed by atoms with Gasteiger partial charge in [0.05, 0.1) is 12.1 Å². The summed E-state index contributed by atoms with van der Waals surface area (Å²) in [6.07, 6.45) is 0. The number of para-hydroxylation sites is 3. The van der Waals surface area contributed by atoms with E-state index in [1.54, 1.807) is 0 Å². The third-order valence-corrected chi connectivity index (χ3v) is 12.0. The lowest BCUT2D eigenvalue weighted by Crippen LogP contribution is -2.30. The van der Waals surface area contributed by atoms with Gasteiger partial charge in [-0.15, -0.1) is 0 Å². The average Bonchev–Trinajstić information content (AvgIpc) is 3.40. The Morgan fingerprint density at radius 3 is 1.45 bits per heavy atom. The van der Waals surface area contributed by atoms with Crippen molar-refractivity contribution >= 4 is 53.2 Å². The second kappa shape index (κ2) is 13.9. The number of benzene rings is 5. The summed E-state index contributed by atoms with van der Waals surface area (Å²) in [5.41, 5.74) is 6.09. The molecule has 1 saturated heterocycles. The highest BCUT2D eigenvalue weighted by Gasteiger charge is 2.49. The summed E-state index contributed by atoms with van der Waals surface area (Å²) in [5.74, 6) is 0.901. The molecule has 1 fully saturated rings. The average molecular weight is 605 g/mol. The molecular weight excluding hydrogens is 572 g/mol. The van der Waals surface area contributed by atoms with Crippen molar-refractivity contribution < 1.29 is 0 Å². The Morgan fingerprint density at radius 2 is 1.00 bits per heavy atom. The van der Waals surface area contributed by atoms with Gasteiger partial charge in [0.2, 0.25) is 0 Å². The van der Waals surface area contributed by atoms with E-state index >= 15 is 0 Å². The number of nitrogens with zero attached hydrogens (tertiary/aromatic N) is 2. The van der Waals surface area contributed by atoms with Gasteiger partial charge in [0, 0.05) is 29.4 Å². The molecule has 0 amide bonds. The number of hydrogen-bond donors (Lipinski definition) is 2. The molecule has 1 aliphatic rings. The summed E-state index contributed by atoms with van der Waals surface area (Å²) in [4.78, 5) is 0. The summed E-state index contributed by atoms with van der Waals surface area (Å²) >= 11 is 7.60. The van der Waals surface area contributed by atoms with Crippen molar-refractivity contribution in [1.82, 2.24) is 5.32 Å². The Labute approximate surface area is 259 Å². The largest absolute Gasteiger partial charge is 0.362 e. The molecule has 2 atom stereocenters. The maximum atomic E-state index is 5.60. The minimum atomic E-state index is -0.850. The Morgan fingerprint density at radius 1 is 0.595 bits per heavy atom. The second-order valence-electron chi connectivity index (χ2n) is 9.90. The van der Waals surface area contributed by atoms with E-state index in [-0.39, 0.29) is 12.1 Å². The van der Waals surface area contributed by atoms with Crippen LogP contribution in [0.3, 0.4) is 0 Å². The molecule has 0 aliphatic carbocycles. The van der Waals surface area contributed by atoms with Crippen LogP contribution in [-0.4, -0.2) is 17.4 Å². The van der Waals surface area contributed by atoms with E-state index in [1.165, 1.54) is 22.5 Å². The van der Waals surface area contributed by atoms with Crippen LogP contribution in [0, 0.1) is 0 Å². The maximum absolute atomic E-state index is 5.60. The molecule has 1 aliphatic heterocycles. The summed E-state index contributed by atoms with van der Waals surface area (Å²) < 4.78 is 5.33. The number of rotatable bonds is 9. The van der Waals surface area contributed by atoms with Crippen molar-refractivity contribution in [3.05, 3.63) is 163 Å². The fraction of sp³-hybridized carbons (Fsp3) is 0.114. The fourth-order valence-electron chi connectivity index (χ4n) is 5.32. The highest BCUT2D eigenvalue weighted by atomic mass is 32.7. The molecule has 0 aromatic heterocycles.